The van der Waals surface area contributed by atoms with E-state index in [-0.39, 0.29) is 12.0 Å². The molecule has 1 unspecified atom stereocenters. The van der Waals surface area contributed by atoms with Gasteiger partial charge in [-0.1, -0.05) is 12.1 Å². The van der Waals surface area contributed by atoms with E-state index >= 15 is 0 Å². The van der Waals surface area contributed by atoms with Gasteiger partial charge in [0.1, 0.15) is 12.4 Å². The molecule has 25 heavy (non-hydrogen) atoms. The Balaban J connectivity index is 1.43. The van der Waals surface area contributed by atoms with Crippen LogP contribution < -0.4 is 4.74 Å². The zero-order valence-electron chi connectivity index (χ0n) is 14.2. The van der Waals surface area contributed by atoms with Crippen LogP contribution in [-0.4, -0.2) is 36.2 Å². The van der Waals surface area contributed by atoms with Crippen molar-refractivity contribution in [2.75, 3.05) is 13.2 Å². The molecule has 1 saturated carbocycles. The highest BCUT2D eigenvalue weighted by Crippen LogP contribution is 2.31. The Hall–Kier alpha value is -1.85. The standard InChI is InChI=1S/C20H23NO3S/c22-20(21(16-8-9-16)13-19-7-3-11-25-19)15-4-1-5-17(12-15)24-14-18-6-2-10-23-18/h1,3-5,7,11-12,16,18H,2,6,8-10,13-14H2. The first-order valence-corrected chi connectivity index (χ1v) is 9.85. The highest BCUT2D eigenvalue weighted by molar-refractivity contribution is 7.09. The molecular weight excluding hydrogens is 334 g/mol. The van der Waals surface area contributed by atoms with Crippen molar-refractivity contribution in [3.05, 3.63) is 52.2 Å². The van der Waals surface area contributed by atoms with Crippen molar-refractivity contribution in [3.63, 3.8) is 0 Å². The lowest BCUT2D eigenvalue weighted by Gasteiger charge is -2.22. The first-order chi connectivity index (χ1) is 12.3. The van der Waals surface area contributed by atoms with Crippen LogP contribution in [0.25, 0.3) is 0 Å². The molecule has 1 saturated heterocycles. The van der Waals surface area contributed by atoms with Crippen molar-refractivity contribution in [1.29, 1.82) is 0 Å². The Labute approximate surface area is 152 Å². The summed E-state index contributed by atoms with van der Waals surface area (Å²) in [6.07, 6.45) is 4.54. The van der Waals surface area contributed by atoms with Gasteiger partial charge < -0.3 is 14.4 Å². The minimum Gasteiger partial charge on any atom is -0.491 e. The van der Waals surface area contributed by atoms with Crippen molar-refractivity contribution in [2.24, 2.45) is 0 Å². The Morgan fingerprint density at radius 1 is 1.24 bits per heavy atom. The number of hydrogen-bond acceptors (Lipinski definition) is 4. The number of benzene rings is 1. The first kappa shape index (κ1) is 16.6. The van der Waals surface area contributed by atoms with E-state index in [0.29, 0.717) is 24.8 Å². The van der Waals surface area contributed by atoms with E-state index in [0.717, 1.165) is 38.0 Å². The molecule has 0 N–H and O–H groups in total. The van der Waals surface area contributed by atoms with Crippen molar-refractivity contribution in [1.82, 2.24) is 4.90 Å². The van der Waals surface area contributed by atoms with E-state index < -0.39 is 0 Å². The van der Waals surface area contributed by atoms with E-state index in [1.807, 2.05) is 35.2 Å². The van der Waals surface area contributed by atoms with Gasteiger partial charge >= 0.3 is 0 Å². The first-order valence-electron chi connectivity index (χ1n) is 8.97. The molecule has 2 aliphatic rings. The molecule has 1 aromatic heterocycles. The maximum absolute atomic E-state index is 13.0. The number of carbonyl (C=O) groups is 1. The van der Waals surface area contributed by atoms with E-state index in [2.05, 4.69) is 11.4 Å². The maximum atomic E-state index is 13.0. The third-order valence-electron chi connectivity index (χ3n) is 4.70. The van der Waals surface area contributed by atoms with E-state index in [9.17, 15) is 4.79 Å². The minimum absolute atomic E-state index is 0.0958. The Bertz CT molecular complexity index is 705. The molecule has 1 aromatic carbocycles. The van der Waals surface area contributed by atoms with Gasteiger partial charge in [0.15, 0.2) is 0 Å². The number of hydrogen-bond donors (Lipinski definition) is 0. The van der Waals surface area contributed by atoms with Crippen LogP contribution >= 0.6 is 11.3 Å². The summed E-state index contributed by atoms with van der Waals surface area (Å²) in [4.78, 5) is 16.2. The zero-order valence-corrected chi connectivity index (χ0v) is 15.0. The molecule has 5 heteroatoms. The van der Waals surface area contributed by atoms with E-state index in [1.54, 1.807) is 11.3 Å². The Morgan fingerprint density at radius 2 is 2.16 bits per heavy atom. The molecule has 2 fully saturated rings. The predicted molar refractivity (Wildman–Crippen MR) is 98.1 cm³/mol. The molecule has 2 heterocycles. The highest BCUT2D eigenvalue weighted by Gasteiger charge is 2.33. The summed E-state index contributed by atoms with van der Waals surface area (Å²) < 4.78 is 11.4. The van der Waals surface area contributed by atoms with Crippen LogP contribution in [0.5, 0.6) is 5.75 Å². The molecule has 0 bridgehead atoms. The van der Waals surface area contributed by atoms with Crippen molar-refractivity contribution >= 4 is 17.2 Å². The summed E-state index contributed by atoms with van der Waals surface area (Å²) >= 11 is 1.70. The van der Waals surface area contributed by atoms with Crippen molar-refractivity contribution in [2.45, 2.75) is 44.4 Å². The number of carbonyl (C=O) groups excluding carboxylic acids is 1. The van der Waals surface area contributed by atoms with E-state index in [4.69, 9.17) is 9.47 Å². The second kappa shape index (κ2) is 7.58. The molecule has 2 aromatic rings. The number of amides is 1. The molecule has 0 spiro atoms. The summed E-state index contributed by atoms with van der Waals surface area (Å²) in [6.45, 7) is 2.08. The van der Waals surface area contributed by atoms with Crippen molar-refractivity contribution < 1.29 is 14.3 Å². The van der Waals surface area contributed by atoms with Crippen molar-refractivity contribution in [3.8, 4) is 5.75 Å². The summed E-state index contributed by atoms with van der Waals surface area (Å²) in [6, 6.07) is 12.1. The lowest BCUT2D eigenvalue weighted by Crippen LogP contribution is -2.32. The lowest BCUT2D eigenvalue weighted by molar-refractivity contribution is 0.0676. The van der Waals surface area contributed by atoms with Gasteiger partial charge in [-0.25, -0.2) is 0 Å². The molecular formula is C20H23NO3S. The number of nitrogens with zero attached hydrogens (tertiary/aromatic N) is 1. The molecule has 1 atom stereocenters. The maximum Gasteiger partial charge on any atom is 0.254 e. The topological polar surface area (TPSA) is 38.8 Å². The molecule has 4 nitrogen and oxygen atoms in total. The van der Waals surface area contributed by atoms with Gasteiger partial charge in [0, 0.05) is 23.1 Å². The molecule has 0 radical (unpaired) electrons. The van der Waals surface area contributed by atoms with Gasteiger partial charge in [-0.15, -0.1) is 11.3 Å². The lowest BCUT2D eigenvalue weighted by atomic mass is 10.1. The molecule has 132 valence electrons. The SMILES string of the molecule is O=C(c1cccc(OCC2CCCO2)c1)N(Cc1cccs1)C1CC1. The number of thiophene rings is 1. The quantitative estimate of drug-likeness (QED) is 0.748. The summed E-state index contributed by atoms with van der Waals surface area (Å²) in [5.41, 5.74) is 0.702. The molecule has 1 amide bonds. The van der Waals surface area contributed by atoms with Gasteiger partial charge in [-0.3, -0.25) is 4.79 Å². The highest BCUT2D eigenvalue weighted by atomic mass is 32.1. The van der Waals surface area contributed by atoms with Gasteiger partial charge in [-0.2, -0.15) is 0 Å². The molecule has 1 aliphatic heterocycles. The van der Waals surface area contributed by atoms with E-state index in [1.165, 1.54) is 4.88 Å². The fraction of sp³-hybridized carbons (Fsp3) is 0.450. The van der Waals surface area contributed by atoms with Gasteiger partial charge in [0.25, 0.3) is 5.91 Å². The second-order valence-electron chi connectivity index (χ2n) is 6.72. The predicted octanol–water partition coefficient (Wildman–Crippen LogP) is 4.11. The molecule has 1 aliphatic carbocycles. The zero-order chi connectivity index (χ0) is 17.1. The summed E-state index contributed by atoms with van der Waals surface area (Å²) in [7, 11) is 0. The third kappa shape index (κ3) is 4.22. The van der Waals surface area contributed by atoms with Crippen LogP contribution in [0.15, 0.2) is 41.8 Å². The molecule has 4 rings (SSSR count). The average Bonchev–Trinajstić information content (AvgIpc) is 3.12. The largest absolute Gasteiger partial charge is 0.491 e. The van der Waals surface area contributed by atoms with Crippen LogP contribution in [0.2, 0.25) is 0 Å². The third-order valence-corrected chi connectivity index (χ3v) is 5.56. The average molecular weight is 357 g/mol. The monoisotopic (exact) mass is 357 g/mol. The minimum atomic E-state index is 0.0958. The number of rotatable bonds is 7. The fourth-order valence-corrected chi connectivity index (χ4v) is 3.88. The van der Waals surface area contributed by atoms with Crippen LogP contribution in [0.3, 0.4) is 0 Å². The summed E-state index contributed by atoms with van der Waals surface area (Å²) in [5, 5.41) is 2.06. The fourth-order valence-electron chi connectivity index (χ4n) is 3.17. The second-order valence-corrected chi connectivity index (χ2v) is 7.75. The van der Waals surface area contributed by atoms with Crippen LogP contribution in [0.1, 0.15) is 40.9 Å². The Morgan fingerprint density at radius 3 is 2.88 bits per heavy atom. The Kier molecular flexibility index (Phi) is 5.04. The van der Waals surface area contributed by atoms with Gasteiger partial charge in [0.05, 0.1) is 12.6 Å². The van der Waals surface area contributed by atoms with Crippen LogP contribution in [0, 0.1) is 0 Å². The van der Waals surface area contributed by atoms with Gasteiger partial charge in [0.2, 0.25) is 0 Å². The van der Waals surface area contributed by atoms with Gasteiger partial charge in [-0.05, 0) is 55.3 Å². The smallest absolute Gasteiger partial charge is 0.254 e. The normalized spacial score (nSPS) is 19.8. The van der Waals surface area contributed by atoms with Crippen LogP contribution in [0.4, 0.5) is 0 Å². The van der Waals surface area contributed by atoms with Crippen LogP contribution in [-0.2, 0) is 11.3 Å². The summed E-state index contributed by atoms with van der Waals surface area (Å²) in [5.74, 6) is 0.840. The number of ether oxygens (including phenoxy) is 2.